The van der Waals surface area contributed by atoms with Crippen molar-refractivity contribution in [2.45, 2.75) is 90.9 Å². The molecule has 10 nitrogen and oxygen atoms in total. The fraction of sp³-hybridized carbons (Fsp3) is 0.538. The zero-order valence-electron chi connectivity index (χ0n) is 30.3. The minimum absolute atomic E-state index is 0.0492. The summed E-state index contributed by atoms with van der Waals surface area (Å²) in [6, 6.07) is 11.6. The SMILES string of the molecule is CCCCCCCCCCCCCC(=O)Nc1ccc(-c2cc(=O)oc3cc(OCC(=O)N(CC)CC(=O)NCCN(C)C)ccc23)c(Cl)c1. The average molecular weight is 711 g/mol. The number of halogens is 1. The standard InChI is InChI=1S/C39H55ClN4O6/c1-5-7-8-9-10-11-12-13-14-15-16-17-36(45)42-29-18-20-31(34(40)24-29)33-26-39(48)50-35-25-30(19-21-32(33)35)49-28-38(47)44(6-2)27-37(46)41-22-23-43(3)4/h18-21,24-26H,5-17,22-23,27-28H2,1-4H3,(H,41,46)(H,42,45). The Kier molecular flexibility index (Phi) is 17.9. The van der Waals surface area contributed by atoms with E-state index >= 15 is 0 Å². The van der Waals surface area contributed by atoms with E-state index in [0.29, 0.717) is 59.0 Å². The first-order valence-corrected chi connectivity index (χ1v) is 18.5. The van der Waals surface area contributed by atoms with Crippen LogP contribution in [0.25, 0.3) is 22.1 Å². The first-order valence-electron chi connectivity index (χ1n) is 18.1. The predicted octanol–water partition coefficient (Wildman–Crippen LogP) is 7.66. The van der Waals surface area contributed by atoms with Crippen LogP contribution in [0.3, 0.4) is 0 Å². The molecule has 2 aromatic carbocycles. The molecule has 1 heterocycles. The number of fused-ring (bicyclic) bond motifs is 1. The summed E-state index contributed by atoms with van der Waals surface area (Å²) in [5.41, 5.74) is 1.47. The van der Waals surface area contributed by atoms with Crippen molar-refractivity contribution in [2.24, 2.45) is 0 Å². The van der Waals surface area contributed by atoms with Crippen LogP contribution >= 0.6 is 11.6 Å². The van der Waals surface area contributed by atoms with Gasteiger partial charge < -0.3 is 29.6 Å². The summed E-state index contributed by atoms with van der Waals surface area (Å²) in [7, 11) is 3.83. The van der Waals surface area contributed by atoms with Gasteiger partial charge in [0.05, 0.1) is 11.6 Å². The van der Waals surface area contributed by atoms with Gasteiger partial charge in [-0.05, 0) is 51.7 Å². The van der Waals surface area contributed by atoms with Crippen molar-refractivity contribution < 1.29 is 23.5 Å². The number of carbonyl (C=O) groups excluding carboxylic acids is 3. The largest absolute Gasteiger partial charge is 0.484 e. The molecule has 1 aromatic heterocycles. The molecular weight excluding hydrogens is 656 g/mol. The monoisotopic (exact) mass is 710 g/mol. The van der Waals surface area contributed by atoms with Crippen molar-refractivity contribution in [1.29, 1.82) is 0 Å². The van der Waals surface area contributed by atoms with Gasteiger partial charge in [-0.15, -0.1) is 0 Å². The van der Waals surface area contributed by atoms with Gasteiger partial charge in [0.2, 0.25) is 11.8 Å². The van der Waals surface area contributed by atoms with E-state index in [1.807, 2.05) is 19.0 Å². The third-order valence-electron chi connectivity index (χ3n) is 8.58. The predicted molar refractivity (Wildman–Crippen MR) is 202 cm³/mol. The lowest BCUT2D eigenvalue weighted by Crippen LogP contribution is -2.43. The Morgan fingerprint density at radius 3 is 2.14 bits per heavy atom. The summed E-state index contributed by atoms with van der Waals surface area (Å²) in [5, 5.41) is 6.74. The second-order valence-electron chi connectivity index (χ2n) is 13.0. The fourth-order valence-corrected chi connectivity index (χ4v) is 5.98. The Hall–Kier alpha value is -3.89. The topological polar surface area (TPSA) is 121 Å². The number of nitrogens with one attached hydrogen (secondary N) is 2. The third-order valence-corrected chi connectivity index (χ3v) is 8.89. The smallest absolute Gasteiger partial charge is 0.336 e. The van der Waals surface area contributed by atoms with Crippen molar-refractivity contribution in [3.05, 3.63) is 57.9 Å². The lowest BCUT2D eigenvalue weighted by molar-refractivity contribution is -0.137. The highest BCUT2D eigenvalue weighted by Gasteiger charge is 2.17. The first-order chi connectivity index (χ1) is 24.1. The summed E-state index contributed by atoms with van der Waals surface area (Å²) in [6.45, 7) is 5.22. The van der Waals surface area contributed by atoms with Crippen molar-refractivity contribution in [2.75, 3.05) is 52.2 Å². The van der Waals surface area contributed by atoms with Crippen LogP contribution in [0.1, 0.15) is 90.9 Å². The molecule has 0 radical (unpaired) electrons. The Morgan fingerprint density at radius 1 is 0.820 bits per heavy atom. The average Bonchev–Trinajstić information content (AvgIpc) is 3.08. The Morgan fingerprint density at radius 2 is 1.50 bits per heavy atom. The fourth-order valence-electron chi connectivity index (χ4n) is 5.70. The Balaban J connectivity index is 1.53. The highest BCUT2D eigenvalue weighted by atomic mass is 35.5. The molecule has 0 aliphatic heterocycles. The summed E-state index contributed by atoms with van der Waals surface area (Å²) in [5.74, 6) is -0.300. The molecule has 0 unspecified atom stereocenters. The van der Waals surface area contributed by atoms with E-state index in [4.69, 9.17) is 20.8 Å². The summed E-state index contributed by atoms with van der Waals surface area (Å²) in [6.07, 6.45) is 14.0. The van der Waals surface area contributed by atoms with E-state index in [1.54, 1.807) is 43.3 Å². The highest BCUT2D eigenvalue weighted by Crippen LogP contribution is 2.35. The van der Waals surface area contributed by atoms with E-state index < -0.39 is 5.63 Å². The molecule has 0 spiro atoms. The normalized spacial score (nSPS) is 11.2. The summed E-state index contributed by atoms with van der Waals surface area (Å²) >= 11 is 6.68. The van der Waals surface area contributed by atoms with Gasteiger partial charge in [0.15, 0.2) is 6.61 Å². The number of carbonyl (C=O) groups is 3. The van der Waals surface area contributed by atoms with Crippen LogP contribution in [0, 0.1) is 0 Å². The van der Waals surface area contributed by atoms with Crippen molar-refractivity contribution in [1.82, 2.24) is 15.1 Å². The summed E-state index contributed by atoms with van der Waals surface area (Å²) in [4.78, 5) is 53.6. The maximum atomic E-state index is 12.8. The number of hydrogen-bond donors (Lipinski definition) is 2. The van der Waals surface area contributed by atoms with Crippen LogP contribution in [0.15, 0.2) is 51.7 Å². The number of unbranched alkanes of at least 4 members (excludes halogenated alkanes) is 10. The van der Waals surface area contributed by atoms with E-state index in [1.165, 1.54) is 62.3 Å². The van der Waals surface area contributed by atoms with Crippen molar-refractivity contribution >= 4 is 46.0 Å². The first kappa shape index (κ1) is 40.5. The van der Waals surface area contributed by atoms with Crippen LogP contribution in [0.4, 0.5) is 5.69 Å². The van der Waals surface area contributed by atoms with Crippen LogP contribution < -0.4 is 21.0 Å². The third kappa shape index (κ3) is 14.2. The Bertz CT molecular complexity index is 1590. The van der Waals surface area contributed by atoms with Crippen LogP contribution in [0.5, 0.6) is 5.75 Å². The highest BCUT2D eigenvalue weighted by molar-refractivity contribution is 6.34. The number of likely N-dealkylation sites (N-methyl/N-ethyl adjacent to an activating group) is 2. The molecule has 0 aliphatic carbocycles. The summed E-state index contributed by atoms with van der Waals surface area (Å²) < 4.78 is 11.2. The molecule has 11 heteroatoms. The van der Waals surface area contributed by atoms with Crippen LogP contribution in [-0.2, 0) is 14.4 Å². The van der Waals surface area contributed by atoms with Gasteiger partial charge in [0.1, 0.15) is 11.3 Å². The van der Waals surface area contributed by atoms with Gasteiger partial charge >= 0.3 is 5.63 Å². The van der Waals surface area contributed by atoms with Gasteiger partial charge in [-0.25, -0.2) is 4.79 Å². The molecule has 274 valence electrons. The van der Waals surface area contributed by atoms with Gasteiger partial charge in [-0.2, -0.15) is 0 Å². The maximum absolute atomic E-state index is 12.8. The van der Waals surface area contributed by atoms with Crippen molar-refractivity contribution in [3.8, 4) is 16.9 Å². The molecule has 0 fully saturated rings. The van der Waals surface area contributed by atoms with Crippen LogP contribution in [0.2, 0.25) is 5.02 Å². The second-order valence-corrected chi connectivity index (χ2v) is 13.4. The van der Waals surface area contributed by atoms with Crippen LogP contribution in [-0.4, -0.2) is 74.4 Å². The minimum atomic E-state index is -0.571. The molecule has 0 saturated carbocycles. The van der Waals surface area contributed by atoms with E-state index in [9.17, 15) is 19.2 Å². The van der Waals surface area contributed by atoms with Gasteiger partial charge in [0, 0.05) is 60.4 Å². The van der Waals surface area contributed by atoms with Gasteiger partial charge in [0.25, 0.3) is 5.91 Å². The van der Waals surface area contributed by atoms with E-state index in [0.717, 1.165) is 19.3 Å². The lowest BCUT2D eigenvalue weighted by atomic mass is 10.0. The molecular formula is C39H55ClN4O6. The number of amides is 3. The van der Waals surface area contributed by atoms with Gasteiger partial charge in [-0.3, -0.25) is 14.4 Å². The number of anilines is 1. The molecule has 0 aliphatic rings. The number of hydrogen-bond acceptors (Lipinski definition) is 7. The zero-order chi connectivity index (χ0) is 36.3. The molecule has 0 saturated heterocycles. The zero-order valence-corrected chi connectivity index (χ0v) is 31.0. The maximum Gasteiger partial charge on any atom is 0.336 e. The number of benzene rings is 2. The quantitative estimate of drug-likeness (QED) is 0.0766. The second kappa shape index (κ2) is 22.0. The molecule has 0 bridgehead atoms. The number of ether oxygens (including phenoxy) is 1. The molecule has 0 atom stereocenters. The van der Waals surface area contributed by atoms with Crippen molar-refractivity contribution in [3.63, 3.8) is 0 Å². The Labute approximate surface area is 301 Å². The molecule has 3 aromatic rings. The number of rotatable bonds is 23. The molecule has 50 heavy (non-hydrogen) atoms. The lowest BCUT2D eigenvalue weighted by Gasteiger charge is -2.21. The molecule has 2 N–H and O–H groups in total. The van der Waals surface area contributed by atoms with E-state index in [2.05, 4.69) is 17.6 Å². The van der Waals surface area contributed by atoms with Gasteiger partial charge in [-0.1, -0.05) is 88.8 Å². The minimum Gasteiger partial charge on any atom is -0.484 e. The number of nitrogens with zero attached hydrogens (tertiary/aromatic N) is 2. The molecule has 3 amide bonds. The molecule has 3 rings (SSSR count). The van der Waals surface area contributed by atoms with E-state index in [-0.39, 0.29) is 36.5 Å².